The number of rotatable bonds is 4. The molecule has 2 aliphatic heterocycles. The second-order valence-corrected chi connectivity index (χ2v) is 9.23. The Hall–Kier alpha value is -0.510. The van der Waals surface area contributed by atoms with Gasteiger partial charge in [-0.15, -0.1) is 0 Å². The van der Waals surface area contributed by atoms with Crippen LogP contribution in [0.1, 0.15) is 0 Å². The quantitative estimate of drug-likeness (QED) is 0.608. The Morgan fingerprint density at radius 2 is 1.32 bits per heavy atom. The average molecular weight is 329 g/mol. The second kappa shape index (κ2) is 4.80. The van der Waals surface area contributed by atoms with Gasteiger partial charge in [0.2, 0.25) is 0 Å². The second-order valence-electron chi connectivity index (χ2n) is 4.05. The number of phosphoric ester groups is 1. The fourth-order valence-corrected chi connectivity index (χ4v) is 5.11. The van der Waals surface area contributed by atoms with Gasteiger partial charge in [-0.2, -0.15) is 0 Å². The van der Waals surface area contributed by atoms with Gasteiger partial charge in [-0.3, -0.25) is 4.57 Å². The minimum absolute atomic E-state index is 0.485. The van der Waals surface area contributed by atoms with E-state index in [0.717, 1.165) is 23.0 Å². The maximum atomic E-state index is 11.5. The lowest BCUT2D eigenvalue weighted by Gasteiger charge is -2.27. The number of phosphoric acid groups is 1. The van der Waals surface area contributed by atoms with Crippen molar-refractivity contribution in [1.82, 2.24) is 0 Å². The molecular weight excluding hydrogens is 319 g/mol. The topological polar surface area (TPSA) is 127 Å². The zero-order valence-corrected chi connectivity index (χ0v) is 11.9. The van der Waals surface area contributed by atoms with Gasteiger partial charge in [0.25, 0.3) is 7.82 Å². The van der Waals surface area contributed by atoms with Gasteiger partial charge in [0.1, 0.15) is 0 Å². The Kier molecular flexibility index (Phi) is 3.76. The Labute approximate surface area is 110 Å². The van der Waals surface area contributed by atoms with E-state index in [9.17, 15) is 26.3 Å². The van der Waals surface area contributed by atoms with E-state index in [1.165, 1.54) is 0 Å². The summed E-state index contributed by atoms with van der Waals surface area (Å²) in [5.41, 5.74) is 0. The highest BCUT2D eigenvalue weighted by Gasteiger charge is 2.30. The van der Waals surface area contributed by atoms with Crippen LogP contribution in [0, 0.1) is 0 Å². The van der Waals surface area contributed by atoms with Crippen LogP contribution >= 0.6 is 7.82 Å². The Morgan fingerprint density at radius 3 is 1.58 bits per heavy atom. The third-order valence-corrected chi connectivity index (χ3v) is 6.11. The Bertz CT molecular complexity index is 618. The van der Waals surface area contributed by atoms with Crippen LogP contribution in [0.25, 0.3) is 0 Å². The summed E-state index contributed by atoms with van der Waals surface area (Å²) in [4.78, 5) is 11.5. The molecule has 2 heterocycles. The van der Waals surface area contributed by atoms with Gasteiger partial charge < -0.3 is 13.9 Å². The Balaban J connectivity index is 1.96. The van der Waals surface area contributed by atoms with Crippen LogP contribution in [0.3, 0.4) is 0 Å². The molecule has 2 atom stereocenters. The minimum atomic E-state index is -4.78. The maximum Gasteiger partial charge on any atom is 0.269 e. The summed E-state index contributed by atoms with van der Waals surface area (Å²) in [5.74, 6) is -0.969. The highest BCUT2D eigenvalue weighted by Crippen LogP contribution is 2.43. The molecule has 0 unspecified atom stereocenters. The molecule has 0 spiro atoms. The summed E-state index contributed by atoms with van der Waals surface area (Å²) >= 11 is 0. The van der Waals surface area contributed by atoms with Crippen LogP contribution in [0.4, 0.5) is 0 Å². The van der Waals surface area contributed by atoms with Gasteiger partial charge in [-0.1, -0.05) is 0 Å². The number of hydrogen-bond donors (Lipinski definition) is 0. The molecule has 0 saturated carbocycles. The van der Waals surface area contributed by atoms with Crippen molar-refractivity contribution in [2.75, 3.05) is 11.5 Å². The zero-order valence-electron chi connectivity index (χ0n) is 9.41. The van der Waals surface area contributed by atoms with Crippen molar-refractivity contribution in [3.05, 3.63) is 23.0 Å². The number of hydrogen-bond acceptors (Lipinski definition) is 8. The molecule has 2 aliphatic rings. The van der Waals surface area contributed by atoms with Crippen molar-refractivity contribution in [2.24, 2.45) is 0 Å². The van der Waals surface area contributed by atoms with E-state index in [2.05, 4.69) is 9.05 Å². The lowest BCUT2D eigenvalue weighted by Crippen LogP contribution is -2.23. The van der Waals surface area contributed by atoms with Gasteiger partial charge in [0.15, 0.2) is 19.7 Å². The molecule has 0 aliphatic carbocycles. The van der Waals surface area contributed by atoms with Gasteiger partial charge in [0, 0.05) is 10.8 Å². The molecule has 0 bridgehead atoms. The van der Waals surface area contributed by atoms with Crippen LogP contribution in [0.15, 0.2) is 23.0 Å². The van der Waals surface area contributed by atoms with Crippen LogP contribution in [0.2, 0.25) is 0 Å². The smallest absolute Gasteiger partial charge is 0.269 e. The first-order chi connectivity index (χ1) is 8.57. The minimum Gasteiger partial charge on any atom is -0.756 e. The fourth-order valence-electron chi connectivity index (χ4n) is 1.58. The first-order valence-corrected chi connectivity index (χ1v) is 9.96. The van der Waals surface area contributed by atoms with Crippen molar-refractivity contribution in [3.8, 4) is 0 Å². The first kappa shape index (κ1) is 14.9. The van der Waals surface area contributed by atoms with E-state index in [-0.39, 0.29) is 0 Å². The lowest BCUT2D eigenvalue weighted by molar-refractivity contribution is -0.229. The monoisotopic (exact) mass is 329 g/mol. The van der Waals surface area contributed by atoms with Gasteiger partial charge in [-0.05, 0) is 12.2 Å². The summed E-state index contributed by atoms with van der Waals surface area (Å²) in [6.07, 6.45) is -0.111. The van der Waals surface area contributed by atoms with Crippen LogP contribution < -0.4 is 4.89 Å². The van der Waals surface area contributed by atoms with Crippen LogP contribution in [-0.4, -0.2) is 40.5 Å². The highest BCUT2D eigenvalue weighted by atomic mass is 32.2. The molecule has 0 aromatic rings. The van der Waals surface area contributed by atoms with E-state index >= 15 is 0 Å². The van der Waals surface area contributed by atoms with Crippen molar-refractivity contribution in [3.63, 3.8) is 0 Å². The maximum absolute atomic E-state index is 11.5. The van der Waals surface area contributed by atoms with Gasteiger partial charge >= 0.3 is 0 Å². The zero-order chi connectivity index (χ0) is 14.3. The largest absolute Gasteiger partial charge is 0.756 e. The summed E-state index contributed by atoms with van der Waals surface area (Å²) in [5, 5.41) is 1.72. The predicted octanol–water partition coefficient (Wildman–Crippen LogP) is -0.891. The number of sulfone groups is 2. The third kappa shape index (κ3) is 4.23. The SMILES string of the molecule is O=P([O-])(O[C@H]1C=CS(=O)(=O)C1)O[C@H]1C=CS(=O)(=O)C1. The summed E-state index contributed by atoms with van der Waals surface area (Å²) in [6, 6.07) is 0. The van der Waals surface area contributed by atoms with E-state index in [0.29, 0.717) is 0 Å². The summed E-state index contributed by atoms with van der Waals surface area (Å²) in [6.45, 7) is 0. The molecular formula is C8H10O8PS2-. The fraction of sp³-hybridized carbons (Fsp3) is 0.500. The van der Waals surface area contributed by atoms with Crippen LogP contribution in [-0.2, 0) is 33.3 Å². The van der Waals surface area contributed by atoms with E-state index in [4.69, 9.17) is 0 Å². The summed E-state index contributed by atoms with van der Waals surface area (Å²) in [7, 11) is -11.7. The molecule has 19 heavy (non-hydrogen) atoms. The summed E-state index contributed by atoms with van der Waals surface area (Å²) < 4.78 is 64.9. The predicted molar refractivity (Wildman–Crippen MR) is 63.2 cm³/mol. The Morgan fingerprint density at radius 1 is 0.947 bits per heavy atom. The van der Waals surface area contributed by atoms with Gasteiger partial charge in [0.05, 0.1) is 23.7 Å². The average Bonchev–Trinajstić information content (AvgIpc) is 2.68. The standard InChI is InChI=1S/C8H11O8PS2/c9-17(10,15-7-1-3-18(11,12)5-7)16-8-2-4-19(13,14)6-8/h1-4,7-8H,5-6H2,(H,9,10)/p-1/t7-,8-/m0/s1. The van der Waals surface area contributed by atoms with Crippen molar-refractivity contribution in [2.45, 2.75) is 12.2 Å². The molecule has 0 saturated heterocycles. The lowest BCUT2D eigenvalue weighted by atomic mass is 10.4. The van der Waals surface area contributed by atoms with Crippen molar-refractivity contribution in [1.29, 1.82) is 0 Å². The molecule has 108 valence electrons. The van der Waals surface area contributed by atoms with Crippen LogP contribution in [0.5, 0.6) is 0 Å². The molecule has 2 rings (SSSR count). The highest BCUT2D eigenvalue weighted by molar-refractivity contribution is 7.94. The third-order valence-electron chi connectivity index (χ3n) is 2.32. The molecule has 8 nitrogen and oxygen atoms in total. The van der Waals surface area contributed by atoms with E-state index in [1.807, 2.05) is 0 Å². The van der Waals surface area contributed by atoms with E-state index < -0.39 is 51.2 Å². The molecule has 0 N–H and O–H groups in total. The van der Waals surface area contributed by atoms with Gasteiger partial charge in [-0.25, -0.2) is 16.8 Å². The van der Waals surface area contributed by atoms with E-state index in [1.54, 1.807) is 0 Å². The first-order valence-electron chi connectivity index (χ1n) is 5.07. The molecule has 11 heteroatoms. The van der Waals surface area contributed by atoms with Crippen molar-refractivity contribution >= 4 is 27.5 Å². The van der Waals surface area contributed by atoms with Crippen molar-refractivity contribution < 1.29 is 35.3 Å². The molecule has 0 aromatic carbocycles. The normalized spacial score (nSPS) is 31.8. The molecule has 0 radical (unpaired) electrons. The molecule has 0 fully saturated rings. The molecule has 0 amide bonds. The molecule has 0 aromatic heterocycles.